The van der Waals surface area contributed by atoms with Crippen molar-refractivity contribution in [2.75, 3.05) is 0 Å². The Labute approximate surface area is 177 Å². The molecule has 0 radical (unpaired) electrons. The highest BCUT2D eigenvalue weighted by Crippen LogP contribution is 2.24. The lowest BCUT2D eigenvalue weighted by molar-refractivity contribution is 0.596. The maximum absolute atomic E-state index is 13.0. The van der Waals surface area contributed by atoms with Gasteiger partial charge in [0.25, 0.3) is 5.56 Å². The van der Waals surface area contributed by atoms with Crippen molar-refractivity contribution in [3.63, 3.8) is 0 Å². The number of rotatable bonds is 6. The molecule has 0 aliphatic carbocycles. The number of hydrogen-bond donors (Lipinski definition) is 0. The molecule has 4 rings (SSSR count). The lowest BCUT2D eigenvalue weighted by atomic mass is 10.1. The van der Waals surface area contributed by atoms with Gasteiger partial charge in [0.1, 0.15) is 4.70 Å². The van der Waals surface area contributed by atoms with E-state index in [2.05, 4.69) is 31.2 Å². The molecule has 0 atom stereocenters. The summed E-state index contributed by atoms with van der Waals surface area (Å²) in [6.45, 7) is 2.68. The summed E-state index contributed by atoms with van der Waals surface area (Å²) >= 11 is 9.04. The number of nitrogens with zero attached hydrogens (tertiary/aromatic N) is 2. The molecule has 2 aromatic heterocycles. The fourth-order valence-corrected chi connectivity index (χ4v) is 4.84. The van der Waals surface area contributed by atoms with E-state index < -0.39 is 0 Å². The van der Waals surface area contributed by atoms with Gasteiger partial charge >= 0.3 is 0 Å². The molecule has 2 aromatic carbocycles. The van der Waals surface area contributed by atoms with Gasteiger partial charge in [-0.05, 0) is 48.1 Å². The van der Waals surface area contributed by atoms with Gasteiger partial charge in [0.15, 0.2) is 5.16 Å². The maximum atomic E-state index is 13.0. The molecule has 0 fully saturated rings. The van der Waals surface area contributed by atoms with E-state index in [9.17, 15) is 4.79 Å². The zero-order valence-corrected chi connectivity index (χ0v) is 17.8. The highest BCUT2D eigenvalue weighted by Gasteiger charge is 2.13. The minimum atomic E-state index is 0.0420. The summed E-state index contributed by atoms with van der Waals surface area (Å²) in [5.41, 5.74) is 4.44. The van der Waals surface area contributed by atoms with E-state index in [0.29, 0.717) is 6.54 Å². The van der Waals surface area contributed by atoms with Crippen molar-refractivity contribution in [2.45, 2.75) is 30.8 Å². The first-order valence-corrected chi connectivity index (χ1v) is 11.3. The molecule has 3 nitrogen and oxygen atoms in total. The summed E-state index contributed by atoms with van der Waals surface area (Å²) in [7, 11) is 0. The Kier molecular flexibility index (Phi) is 5.85. The quantitative estimate of drug-likeness (QED) is 0.282. The van der Waals surface area contributed by atoms with Crippen LogP contribution in [0.25, 0.3) is 10.2 Å². The molecule has 0 saturated heterocycles. The first-order chi connectivity index (χ1) is 13.6. The summed E-state index contributed by atoms with van der Waals surface area (Å²) in [6.07, 6.45) is 0.758. The number of fused-ring (bicyclic) bond motifs is 1. The third-order valence-electron chi connectivity index (χ3n) is 4.56. The van der Waals surface area contributed by atoms with Gasteiger partial charge in [-0.3, -0.25) is 9.36 Å². The van der Waals surface area contributed by atoms with Gasteiger partial charge in [-0.25, -0.2) is 4.98 Å². The highest BCUT2D eigenvalue weighted by atomic mass is 35.5. The fourth-order valence-electron chi connectivity index (χ4n) is 2.95. The van der Waals surface area contributed by atoms with Crippen LogP contribution in [0.5, 0.6) is 0 Å². The highest BCUT2D eigenvalue weighted by molar-refractivity contribution is 7.98. The molecule has 4 aromatic rings. The van der Waals surface area contributed by atoms with Gasteiger partial charge in [-0.2, -0.15) is 0 Å². The summed E-state index contributed by atoms with van der Waals surface area (Å²) in [6, 6.07) is 18.2. The van der Waals surface area contributed by atoms with Crippen molar-refractivity contribution < 1.29 is 0 Å². The number of benzene rings is 2. The third-order valence-corrected chi connectivity index (χ3v) is 6.75. The Bertz CT molecular complexity index is 1150. The zero-order valence-electron chi connectivity index (χ0n) is 15.4. The van der Waals surface area contributed by atoms with Crippen LogP contribution in [0.3, 0.4) is 0 Å². The van der Waals surface area contributed by atoms with Crippen molar-refractivity contribution in [2.24, 2.45) is 0 Å². The second kappa shape index (κ2) is 8.52. The Morgan fingerprint density at radius 1 is 1.04 bits per heavy atom. The average Bonchev–Trinajstić information content (AvgIpc) is 3.17. The van der Waals surface area contributed by atoms with Crippen LogP contribution >= 0.6 is 34.7 Å². The van der Waals surface area contributed by atoms with Gasteiger partial charge in [-0.1, -0.05) is 65.3 Å². The molecule has 0 aliphatic rings. The predicted molar refractivity (Wildman–Crippen MR) is 120 cm³/mol. The van der Waals surface area contributed by atoms with Crippen LogP contribution in [0.4, 0.5) is 0 Å². The Morgan fingerprint density at radius 3 is 2.50 bits per heavy atom. The van der Waals surface area contributed by atoms with Crippen molar-refractivity contribution in [3.8, 4) is 0 Å². The first-order valence-electron chi connectivity index (χ1n) is 9.01. The normalized spacial score (nSPS) is 11.2. The average molecular weight is 427 g/mol. The van der Waals surface area contributed by atoms with Gasteiger partial charge in [-0.15, -0.1) is 11.3 Å². The monoisotopic (exact) mass is 426 g/mol. The number of aromatic nitrogens is 2. The molecule has 28 heavy (non-hydrogen) atoms. The second-order valence-electron chi connectivity index (χ2n) is 6.64. The lowest BCUT2D eigenvalue weighted by Crippen LogP contribution is -2.23. The van der Waals surface area contributed by atoms with Crippen molar-refractivity contribution in [3.05, 3.63) is 92.0 Å². The maximum Gasteiger partial charge on any atom is 0.272 e. The molecule has 0 saturated carbocycles. The number of thiophene rings is 1. The van der Waals surface area contributed by atoms with Crippen LogP contribution in [0.1, 0.15) is 16.7 Å². The summed E-state index contributed by atoms with van der Waals surface area (Å²) in [5.74, 6) is 0.781. The Hall–Kier alpha value is -2.08. The number of halogens is 1. The number of aryl methyl sites for hydroxylation is 2. The van der Waals surface area contributed by atoms with Gasteiger partial charge < -0.3 is 0 Å². The Balaban J connectivity index is 1.61. The molecule has 0 amide bonds. The van der Waals surface area contributed by atoms with Crippen LogP contribution < -0.4 is 5.56 Å². The molecule has 2 heterocycles. The molecule has 0 unspecified atom stereocenters. The second-order valence-corrected chi connectivity index (χ2v) is 8.93. The largest absolute Gasteiger partial charge is 0.286 e. The molecule has 0 bridgehead atoms. The predicted octanol–water partition coefficient (Wildman–Crippen LogP) is 5.95. The molecular weight excluding hydrogens is 408 g/mol. The topological polar surface area (TPSA) is 34.9 Å². The van der Waals surface area contributed by atoms with E-state index in [0.717, 1.165) is 38.1 Å². The van der Waals surface area contributed by atoms with Gasteiger partial charge in [0.2, 0.25) is 0 Å². The first kappa shape index (κ1) is 19.2. The van der Waals surface area contributed by atoms with Crippen molar-refractivity contribution in [1.29, 1.82) is 0 Å². The Morgan fingerprint density at radius 2 is 1.75 bits per heavy atom. The molecule has 0 aliphatic heterocycles. The van der Waals surface area contributed by atoms with Crippen LogP contribution in [0, 0.1) is 6.92 Å². The summed E-state index contributed by atoms with van der Waals surface area (Å²) < 4.78 is 2.53. The standard InChI is InChI=1S/C22H19ClN2OS2/c1-15-2-4-17(5-3-15)14-28-22-24-19-11-13-27-20(19)21(26)25(22)12-10-16-6-8-18(23)9-7-16/h2-9,11,13H,10,12,14H2,1H3. The van der Waals surface area contributed by atoms with E-state index in [4.69, 9.17) is 16.6 Å². The van der Waals surface area contributed by atoms with E-state index in [1.807, 2.05) is 40.3 Å². The molecule has 0 spiro atoms. The molecular formula is C22H19ClN2OS2. The summed E-state index contributed by atoms with van der Waals surface area (Å²) in [5, 5.41) is 3.42. The minimum Gasteiger partial charge on any atom is -0.286 e. The minimum absolute atomic E-state index is 0.0420. The number of hydrogen-bond acceptors (Lipinski definition) is 4. The van der Waals surface area contributed by atoms with E-state index in [1.54, 1.807) is 11.8 Å². The SMILES string of the molecule is Cc1ccc(CSc2nc3ccsc3c(=O)n2CCc2ccc(Cl)cc2)cc1. The summed E-state index contributed by atoms with van der Waals surface area (Å²) in [4.78, 5) is 17.8. The zero-order chi connectivity index (χ0) is 19.5. The number of thioether (sulfide) groups is 1. The third kappa shape index (κ3) is 4.32. The van der Waals surface area contributed by atoms with Gasteiger partial charge in [0.05, 0.1) is 5.52 Å². The van der Waals surface area contributed by atoms with E-state index in [-0.39, 0.29) is 5.56 Å². The van der Waals surface area contributed by atoms with Crippen LogP contribution in [0.2, 0.25) is 5.02 Å². The molecule has 6 heteroatoms. The van der Waals surface area contributed by atoms with Crippen LogP contribution in [-0.2, 0) is 18.7 Å². The molecule has 0 N–H and O–H groups in total. The van der Waals surface area contributed by atoms with Crippen molar-refractivity contribution in [1.82, 2.24) is 9.55 Å². The lowest BCUT2D eigenvalue weighted by Gasteiger charge is -2.12. The van der Waals surface area contributed by atoms with Crippen molar-refractivity contribution >= 4 is 44.9 Å². The fraction of sp³-hybridized carbons (Fsp3) is 0.182. The van der Waals surface area contributed by atoms with Crippen LogP contribution in [-0.4, -0.2) is 9.55 Å². The van der Waals surface area contributed by atoms with E-state index >= 15 is 0 Å². The smallest absolute Gasteiger partial charge is 0.272 e. The van der Waals surface area contributed by atoms with E-state index in [1.165, 1.54) is 22.5 Å². The van der Waals surface area contributed by atoms with Gasteiger partial charge in [0, 0.05) is 17.3 Å². The van der Waals surface area contributed by atoms with Crippen LogP contribution in [0.15, 0.2) is 69.9 Å². The molecule has 142 valence electrons.